The largest absolute Gasteiger partial charge is 0.489 e. The minimum Gasteiger partial charge on any atom is -0.489 e. The highest BCUT2D eigenvalue weighted by atomic mass is 35.5. The summed E-state index contributed by atoms with van der Waals surface area (Å²) in [5, 5.41) is 7.14. The zero-order valence-corrected chi connectivity index (χ0v) is 17.5. The molecule has 3 aromatic carbocycles. The van der Waals surface area contributed by atoms with E-state index in [1.165, 1.54) is 6.21 Å². The van der Waals surface area contributed by atoms with Gasteiger partial charge in [-0.05, 0) is 53.6 Å². The standard InChI is InChI=1S/C24H22ClN3O3/c25-20-7-4-8-21(15-20)27-23(29)13-14-24(30)28-26-16-18-9-11-22(12-10-18)31-17-19-5-2-1-3-6-19/h1-12,15-16H,13-14,17H2,(H,27,29)(H,28,30). The topological polar surface area (TPSA) is 79.8 Å². The van der Waals surface area contributed by atoms with Crippen LogP contribution in [0.15, 0.2) is 84.0 Å². The number of benzene rings is 3. The van der Waals surface area contributed by atoms with Crippen LogP contribution in [0.25, 0.3) is 0 Å². The lowest BCUT2D eigenvalue weighted by Crippen LogP contribution is -2.20. The Balaban J connectivity index is 1.37. The van der Waals surface area contributed by atoms with Crippen molar-refractivity contribution in [2.75, 3.05) is 5.32 Å². The Morgan fingerprint density at radius 2 is 1.65 bits per heavy atom. The van der Waals surface area contributed by atoms with Crippen molar-refractivity contribution >= 4 is 35.3 Å². The number of ether oxygens (including phenoxy) is 1. The molecule has 158 valence electrons. The molecule has 2 N–H and O–H groups in total. The molecule has 0 fully saturated rings. The summed E-state index contributed by atoms with van der Waals surface area (Å²) in [5.41, 5.74) is 4.91. The summed E-state index contributed by atoms with van der Waals surface area (Å²) < 4.78 is 5.73. The van der Waals surface area contributed by atoms with Crippen molar-refractivity contribution in [1.82, 2.24) is 5.43 Å². The maximum Gasteiger partial charge on any atom is 0.240 e. The van der Waals surface area contributed by atoms with E-state index in [1.54, 1.807) is 24.3 Å². The Labute approximate surface area is 185 Å². The fourth-order valence-corrected chi connectivity index (χ4v) is 2.83. The molecule has 7 heteroatoms. The molecule has 0 unspecified atom stereocenters. The van der Waals surface area contributed by atoms with Crippen molar-refractivity contribution in [2.45, 2.75) is 19.4 Å². The van der Waals surface area contributed by atoms with E-state index < -0.39 is 0 Å². The molecule has 0 aliphatic rings. The quantitative estimate of drug-likeness (QED) is 0.374. The van der Waals surface area contributed by atoms with E-state index in [4.69, 9.17) is 16.3 Å². The average molecular weight is 436 g/mol. The molecule has 0 saturated carbocycles. The van der Waals surface area contributed by atoms with Gasteiger partial charge in [0.05, 0.1) is 6.21 Å². The van der Waals surface area contributed by atoms with E-state index in [1.807, 2.05) is 54.6 Å². The van der Waals surface area contributed by atoms with Gasteiger partial charge in [0, 0.05) is 23.6 Å². The van der Waals surface area contributed by atoms with Crippen molar-refractivity contribution in [2.24, 2.45) is 5.10 Å². The van der Waals surface area contributed by atoms with Gasteiger partial charge in [-0.1, -0.05) is 48.0 Å². The number of hydrogen-bond donors (Lipinski definition) is 2. The van der Waals surface area contributed by atoms with Crippen LogP contribution in [-0.4, -0.2) is 18.0 Å². The van der Waals surface area contributed by atoms with Gasteiger partial charge >= 0.3 is 0 Å². The molecule has 0 heterocycles. The number of anilines is 1. The van der Waals surface area contributed by atoms with Crippen LogP contribution in [0.5, 0.6) is 5.75 Å². The molecular weight excluding hydrogens is 414 g/mol. The molecule has 3 rings (SSSR count). The van der Waals surface area contributed by atoms with Gasteiger partial charge < -0.3 is 10.1 Å². The number of carbonyl (C=O) groups excluding carboxylic acids is 2. The Morgan fingerprint density at radius 3 is 2.39 bits per heavy atom. The van der Waals surface area contributed by atoms with E-state index in [2.05, 4.69) is 15.8 Å². The summed E-state index contributed by atoms with van der Waals surface area (Å²) in [7, 11) is 0. The van der Waals surface area contributed by atoms with E-state index in [0.29, 0.717) is 17.3 Å². The molecule has 0 radical (unpaired) electrons. The Kier molecular flexibility index (Phi) is 8.20. The molecule has 0 saturated heterocycles. The van der Waals surface area contributed by atoms with E-state index in [-0.39, 0.29) is 24.7 Å². The van der Waals surface area contributed by atoms with Crippen molar-refractivity contribution < 1.29 is 14.3 Å². The maximum atomic E-state index is 11.9. The third-order valence-corrected chi connectivity index (χ3v) is 4.45. The second-order valence-electron chi connectivity index (χ2n) is 6.70. The monoisotopic (exact) mass is 435 g/mol. The molecule has 0 spiro atoms. The molecule has 0 bridgehead atoms. The minimum atomic E-state index is -0.347. The lowest BCUT2D eigenvalue weighted by atomic mass is 10.2. The summed E-state index contributed by atoms with van der Waals surface area (Å²) in [6.45, 7) is 0.495. The molecule has 31 heavy (non-hydrogen) atoms. The molecule has 0 atom stereocenters. The van der Waals surface area contributed by atoms with Gasteiger partial charge in [0.25, 0.3) is 0 Å². The van der Waals surface area contributed by atoms with Crippen LogP contribution in [-0.2, 0) is 16.2 Å². The van der Waals surface area contributed by atoms with Crippen LogP contribution in [0.3, 0.4) is 0 Å². The molecule has 2 amide bonds. The van der Waals surface area contributed by atoms with Crippen LogP contribution in [0.2, 0.25) is 5.02 Å². The lowest BCUT2D eigenvalue weighted by Gasteiger charge is -2.06. The Bertz CT molecular complexity index is 1040. The van der Waals surface area contributed by atoms with Crippen molar-refractivity contribution in [3.63, 3.8) is 0 Å². The van der Waals surface area contributed by atoms with Gasteiger partial charge in [-0.3, -0.25) is 9.59 Å². The molecule has 0 aliphatic carbocycles. The van der Waals surface area contributed by atoms with Crippen molar-refractivity contribution in [1.29, 1.82) is 0 Å². The molecule has 6 nitrogen and oxygen atoms in total. The fraction of sp³-hybridized carbons (Fsp3) is 0.125. The SMILES string of the molecule is O=C(CCC(=O)Nc1cccc(Cl)c1)NN=Cc1ccc(OCc2ccccc2)cc1. The molecular formula is C24H22ClN3O3. The molecule has 0 aliphatic heterocycles. The predicted molar refractivity (Wildman–Crippen MR) is 122 cm³/mol. The predicted octanol–water partition coefficient (Wildman–Crippen LogP) is 4.79. The van der Waals surface area contributed by atoms with Crippen LogP contribution < -0.4 is 15.5 Å². The van der Waals surface area contributed by atoms with Crippen LogP contribution in [0.4, 0.5) is 5.69 Å². The minimum absolute atomic E-state index is 0.0238. The second kappa shape index (κ2) is 11.5. The Morgan fingerprint density at radius 1 is 0.903 bits per heavy atom. The smallest absolute Gasteiger partial charge is 0.240 e. The number of nitrogens with one attached hydrogen (secondary N) is 2. The van der Waals surface area contributed by atoms with Gasteiger partial charge in [-0.2, -0.15) is 5.10 Å². The first-order valence-corrected chi connectivity index (χ1v) is 10.1. The summed E-state index contributed by atoms with van der Waals surface area (Å²) in [6, 6.07) is 24.1. The number of amides is 2. The lowest BCUT2D eigenvalue weighted by molar-refractivity contribution is -0.124. The normalized spacial score (nSPS) is 10.6. The molecule has 3 aromatic rings. The highest BCUT2D eigenvalue weighted by Crippen LogP contribution is 2.15. The zero-order chi connectivity index (χ0) is 21.9. The first-order chi connectivity index (χ1) is 15.1. The summed E-state index contributed by atoms with van der Waals surface area (Å²) >= 11 is 5.88. The summed E-state index contributed by atoms with van der Waals surface area (Å²) in [6.07, 6.45) is 1.60. The summed E-state index contributed by atoms with van der Waals surface area (Å²) in [4.78, 5) is 23.8. The fourth-order valence-electron chi connectivity index (χ4n) is 2.64. The number of nitrogens with zero attached hydrogens (tertiary/aromatic N) is 1. The van der Waals surface area contributed by atoms with E-state index in [9.17, 15) is 9.59 Å². The number of rotatable bonds is 9. The van der Waals surface area contributed by atoms with Gasteiger partial charge in [0.2, 0.25) is 11.8 Å². The highest BCUT2D eigenvalue weighted by Gasteiger charge is 2.07. The highest BCUT2D eigenvalue weighted by molar-refractivity contribution is 6.30. The molecule has 0 aromatic heterocycles. The number of hydrazone groups is 1. The van der Waals surface area contributed by atoms with E-state index in [0.717, 1.165) is 16.9 Å². The summed E-state index contributed by atoms with van der Waals surface area (Å²) in [5.74, 6) is 0.128. The van der Waals surface area contributed by atoms with Gasteiger partial charge in [-0.25, -0.2) is 5.43 Å². The van der Waals surface area contributed by atoms with Crippen molar-refractivity contribution in [3.05, 3.63) is 95.0 Å². The first kappa shape index (κ1) is 22.1. The first-order valence-electron chi connectivity index (χ1n) is 9.72. The maximum absolute atomic E-state index is 11.9. The van der Waals surface area contributed by atoms with Crippen LogP contribution in [0.1, 0.15) is 24.0 Å². The van der Waals surface area contributed by atoms with E-state index >= 15 is 0 Å². The Hall–Kier alpha value is -3.64. The average Bonchev–Trinajstić information content (AvgIpc) is 2.78. The van der Waals surface area contributed by atoms with Crippen LogP contribution in [0, 0.1) is 0 Å². The second-order valence-corrected chi connectivity index (χ2v) is 7.13. The number of halogens is 1. The zero-order valence-electron chi connectivity index (χ0n) is 16.8. The van der Waals surface area contributed by atoms with Gasteiger partial charge in [-0.15, -0.1) is 0 Å². The number of hydrogen-bond acceptors (Lipinski definition) is 4. The van der Waals surface area contributed by atoms with Gasteiger partial charge in [0.1, 0.15) is 12.4 Å². The van der Waals surface area contributed by atoms with Gasteiger partial charge in [0.15, 0.2) is 0 Å². The third kappa shape index (κ3) is 7.95. The van der Waals surface area contributed by atoms with Crippen molar-refractivity contribution in [3.8, 4) is 5.75 Å². The number of carbonyl (C=O) groups is 2. The van der Waals surface area contributed by atoms with Crippen LogP contribution >= 0.6 is 11.6 Å². The third-order valence-electron chi connectivity index (χ3n) is 4.22.